The monoisotopic (exact) mass is 439 g/mol. The van der Waals surface area contributed by atoms with Crippen LogP contribution in [0.25, 0.3) is 0 Å². The van der Waals surface area contributed by atoms with Gasteiger partial charge >= 0.3 is 29.6 Å². The Morgan fingerprint density at radius 2 is 1.89 bits per heavy atom. The number of quaternary nitrogens is 1. The van der Waals surface area contributed by atoms with E-state index in [1.807, 2.05) is 0 Å². The second-order valence-corrected chi connectivity index (χ2v) is 6.78. The van der Waals surface area contributed by atoms with Gasteiger partial charge in [0.1, 0.15) is 36.1 Å². The van der Waals surface area contributed by atoms with Crippen molar-refractivity contribution in [2.75, 3.05) is 6.61 Å². The van der Waals surface area contributed by atoms with Gasteiger partial charge in [0, 0.05) is 0 Å². The number of aliphatic hydroxyl groups is 4. The minimum atomic E-state index is -5.38. The summed E-state index contributed by atoms with van der Waals surface area (Å²) in [6, 6.07) is -1.18. The molecule has 8 atom stereocenters. The third-order valence-electron chi connectivity index (χ3n) is 3.89. The standard InChI is InChI=1S/C12H19NO13S.Na/c13-6-7(16)9(5(2-14)23-11(6)19)25-12-8(26-27(20,21)22)3(15)1-4(24-12)10(17)18;/h1,3,5-9,11-12,14-16,19H,2,13H2,(H,17,18)(H,20,21,22);/q;+1/p-1. The number of carboxylic acids is 1. The number of ether oxygens (including phenoxy) is 3. The van der Waals surface area contributed by atoms with Gasteiger partial charge in [0.05, 0.1) is 6.61 Å². The van der Waals surface area contributed by atoms with E-state index in [1.54, 1.807) is 0 Å². The maximum Gasteiger partial charge on any atom is 1.00 e. The topological polar surface area (TPSA) is 243 Å². The summed E-state index contributed by atoms with van der Waals surface area (Å²) in [6.45, 7) is -0.782. The summed E-state index contributed by atoms with van der Waals surface area (Å²) in [4.78, 5) is 11.0. The molecule has 2 aliphatic rings. The molecule has 0 aromatic rings. The fourth-order valence-corrected chi connectivity index (χ4v) is 3.04. The number of aliphatic hydroxyl groups excluding tert-OH is 4. The van der Waals surface area contributed by atoms with Crippen LogP contribution >= 0.6 is 0 Å². The van der Waals surface area contributed by atoms with Crippen LogP contribution in [-0.4, -0.2) is 95.1 Å². The Morgan fingerprint density at radius 1 is 1.29 bits per heavy atom. The number of carbonyl (C=O) groups excluding carboxylic acids is 1. The van der Waals surface area contributed by atoms with E-state index in [0.717, 1.165) is 0 Å². The number of rotatable bonds is 6. The molecule has 8 unspecified atom stereocenters. The molecular weight excluding hydrogens is 421 g/mol. The van der Waals surface area contributed by atoms with Crippen molar-refractivity contribution < 1.29 is 97.0 Å². The van der Waals surface area contributed by atoms with Crippen molar-refractivity contribution in [1.29, 1.82) is 0 Å². The first kappa shape index (κ1) is 25.6. The number of hydrogen-bond donors (Lipinski definition) is 5. The zero-order valence-corrected chi connectivity index (χ0v) is 17.3. The fraction of sp³-hybridized carbons (Fsp3) is 0.750. The van der Waals surface area contributed by atoms with Gasteiger partial charge in [-0.3, -0.25) is 4.18 Å². The van der Waals surface area contributed by atoms with Crippen molar-refractivity contribution in [1.82, 2.24) is 0 Å². The molecule has 0 aromatic carbocycles. The smallest absolute Gasteiger partial charge is 0.726 e. The fourth-order valence-electron chi connectivity index (χ4n) is 2.56. The molecule has 0 amide bonds. The summed E-state index contributed by atoms with van der Waals surface area (Å²) in [5.41, 5.74) is 3.44. The molecule has 0 saturated carbocycles. The molecule has 0 aliphatic carbocycles. The molecule has 2 rings (SSSR count). The van der Waals surface area contributed by atoms with Gasteiger partial charge in [0.2, 0.25) is 23.0 Å². The Balaban J connectivity index is 0.00000392. The van der Waals surface area contributed by atoms with Crippen molar-refractivity contribution >= 4 is 16.4 Å². The largest absolute Gasteiger partial charge is 1.00 e. The van der Waals surface area contributed by atoms with Crippen LogP contribution in [-0.2, 0) is 33.6 Å². The number of carboxylic acid groups (broad SMARTS) is 1. The Morgan fingerprint density at radius 3 is 2.39 bits per heavy atom. The molecule has 1 saturated heterocycles. The molecule has 16 heteroatoms. The molecule has 156 valence electrons. The van der Waals surface area contributed by atoms with Gasteiger partial charge < -0.3 is 54.8 Å². The second kappa shape index (κ2) is 10.1. The van der Waals surface area contributed by atoms with E-state index in [1.165, 1.54) is 0 Å². The van der Waals surface area contributed by atoms with Crippen LogP contribution in [0.3, 0.4) is 0 Å². The van der Waals surface area contributed by atoms with Gasteiger partial charge in [-0.15, -0.1) is 0 Å². The predicted molar refractivity (Wildman–Crippen MR) is 74.1 cm³/mol. The molecule has 7 N–H and O–H groups in total. The molecule has 0 spiro atoms. The van der Waals surface area contributed by atoms with Crippen LogP contribution < -0.4 is 40.4 Å². The average molecular weight is 439 g/mol. The summed E-state index contributed by atoms with van der Waals surface area (Å²) in [5.74, 6) is -2.84. The van der Waals surface area contributed by atoms with Gasteiger partial charge in [-0.25, -0.2) is 8.42 Å². The summed E-state index contributed by atoms with van der Waals surface area (Å²) >= 11 is 0. The average Bonchev–Trinajstić information content (AvgIpc) is 2.56. The third-order valence-corrected chi connectivity index (χ3v) is 4.35. The number of aliphatic carboxylic acids is 1. The summed E-state index contributed by atoms with van der Waals surface area (Å²) in [7, 11) is -5.38. The van der Waals surface area contributed by atoms with Crippen molar-refractivity contribution in [2.45, 2.75) is 49.1 Å². The second-order valence-electron chi connectivity index (χ2n) is 5.77. The van der Waals surface area contributed by atoms with Gasteiger partial charge in [-0.05, 0) is 6.08 Å². The molecule has 2 aliphatic heterocycles. The minimum Gasteiger partial charge on any atom is -0.726 e. The van der Waals surface area contributed by atoms with Gasteiger partial charge in [-0.2, -0.15) is 0 Å². The van der Waals surface area contributed by atoms with E-state index >= 15 is 0 Å². The molecular formula is C12H18NNaO13S. The first-order chi connectivity index (χ1) is 12.4. The summed E-state index contributed by atoms with van der Waals surface area (Å²) < 4.78 is 51.8. The maximum atomic E-state index is 11.0. The van der Waals surface area contributed by atoms with Crippen LogP contribution in [0.4, 0.5) is 0 Å². The van der Waals surface area contributed by atoms with Gasteiger partial charge in [-0.1, -0.05) is 0 Å². The maximum absolute atomic E-state index is 11.0. The van der Waals surface area contributed by atoms with Crippen LogP contribution in [0.2, 0.25) is 0 Å². The zero-order valence-electron chi connectivity index (χ0n) is 14.5. The van der Waals surface area contributed by atoms with Crippen LogP contribution in [0.1, 0.15) is 0 Å². The Kier molecular flexibility index (Phi) is 9.22. The number of hydrogen-bond acceptors (Lipinski definition) is 13. The van der Waals surface area contributed by atoms with Crippen LogP contribution in [0.15, 0.2) is 11.8 Å². The zero-order chi connectivity index (χ0) is 20.5. The van der Waals surface area contributed by atoms with Gasteiger partial charge in [0.15, 0.2) is 12.1 Å². The summed E-state index contributed by atoms with van der Waals surface area (Å²) in [6.07, 6.45) is -11.6. The third kappa shape index (κ3) is 6.05. The molecule has 1 fully saturated rings. The van der Waals surface area contributed by atoms with E-state index in [2.05, 4.69) is 9.92 Å². The van der Waals surface area contributed by atoms with Crippen LogP contribution in [0, 0.1) is 0 Å². The Labute approximate surface area is 180 Å². The number of carbonyl (C=O) groups is 1. The van der Waals surface area contributed by atoms with E-state index < -0.39 is 77.9 Å². The minimum absolute atomic E-state index is 0. The van der Waals surface area contributed by atoms with E-state index in [9.17, 15) is 43.3 Å². The normalized spacial score (nSPS) is 38.7. The Hall–Kier alpha value is -0.400. The quantitative estimate of drug-likeness (QED) is 0.147. The molecule has 2 heterocycles. The van der Waals surface area contributed by atoms with Gasteiger partial charge in [0.25, 0.3) is 0 Å². The van der Waals surface area contributed by atoms with Crippen molar-refractivity contribution in [3.8, 4) is 0 Å². The predicted octanol–water partition coefficient (Wildman–Crippen LogP) is -9.75. The summed E-state index contributed by atoms with van der Waals surface area (Å²) in [5, 5.41) is 50.0. The first-order valence-corrected chi connectivity index (χ1v) is 8.81. The van der Waals surface area contributed by atoms with Crippen molar-refractivity contribution in [3.63, 3.8) is 0 Å². The van der Waals surface area contributed by atoms with E-state index in [0.29, 0.717) is 6.08 Å². The SMILES string of the molecule is [NH3+]C1C(O)OC(CO)C(OC2OC(C(=O)[O-])=CC(O)C2OS(=O)(=O)[O-])C1O.[Na+]. The molecule has 0 radical (unpaired) electrons. The first-order valence-electron chi connectivity index (χ1n) is 7.47. The van der Waals surface area contributed by atoms with E-state index in [4.69, 9.17) is 14.2 Å². The van der Waals surface area contributed by atoms with E-state index in [-0.39, 0.29) is 29.6 Å². The van der Waals surface area contributed by atoms with Crippen molar-refractivity contribution in [3.05, 3.63) is 11.8 Å². The van der Waals surface area contributed by atoms with Crippen molar-refractivity contribution in [2.24, 2.45) is 0 Å². The Bertz CT molecular complexity index is 685. The molecule has 0 aromatic heterocycles. The molecule has 0 bridgehead atoms. The van der Waals surface area contributed by atoms with Crippen LogP contribution in [0.5, 0.6) is 0 Å². The molecule has 14 nitrogen and oxygen atoms in total. The molecule has 28 heavy (non-hydrogen) atoms.